The minimum absolute atomic E-state index is 0.485. The number of aryl methyl sites for hydroxylation is 1. The average molecular weight is 306 g/mol. The maximum Gasteiger partial charge on any atom is 0.127 e. The molecule has 0 fully saturated rings. The molecule has 3 aromatic carbocycles. The van der Waals surface area contributed by atoms with Crippen LogP contribution in [0.3, 0.4) is 0 Å². The van der Waals surface area contributed by atoms with Crippen molar-refractivity contribution in [3.63, 3.8) is 0 Å². The molecular formula is C21H22O2. The first kappa shape index (κ1) is 15.6. The molecule has 0 bridgehead atoms. The van der Waals surface area contributed by atoms with Gasteiger partial charge in [-0.1, -0.05) is 67.6 Å². The standard InChI is InChI=1S/C21H22O2/c1-2-16-8-3-5-11-18(16)20(22)14-15-23-21-13-7-10-17-9-4-6-12-19(17)21/h3-13,20,22H,2,14-15H2,1H3. The van der Waals surface area contributed by atoms with E-state index in [0.717, 1.165) is 23.1 Å². The number of fused-ring (bicyclic) bond motifs is 1. The summed E-state index contributed by atoms with van der Waals surface area (Å²) in [6.45, 7) is 2.60. The Kier molecular flexibility index (Phi) is 4.94. The van der Waals surface area contributed by atoms with Gasteiger partial charge in [0.15, 0.2) is 0 Å². The summed E-state index contributed by atoms with van der Waals surface area (Å²) in [5, 5.41) is 12.7. The molecule has 0 radical (unpaired) electrons. The zero-order valence-corrected chi connectivity index (χ0v) is 13.4. The molecule has 1 unspecified atom stereocenters. The number of rotatable bonds is 6. The zero-order valence-electron chi connectivity index (χ0n) is 13.4. The Morgan fingerprint density at radius 3 is 2.52 bits per heavy atom. The van der Waals surface area contributed by atoms with Gasteiger partial charge >= 0.3 is 0 Å². The number of hydrogen-bond donors (Lipinski definition) is 1. The maximum absolute atomic E-state index is 10.4. The summed E-state index contributed by atoms with van der Waals surface area (Å²) in [5.74, 6) is 0.874. The molecule has 0 saturated carbocycles. The zero-order chi connectivity index (χ0) is 16.1. The van der Waals surface area contributed by atoms with Crippen LogP contribution < -0.4 is 4.74 Å². The Balaban J connectivity index is 1.67. The lowest BCUT2D eigenvalue weighted by Crippen LogP contribution is -2.07. The van der Waals surface area contributed by atoms with Gasteiger partial charge in [0.05, 0.1) is 12.7 Å². The maximum atomic E-state index is 10.4. The van der Waals surface area contributed by atoms with Crippen molar-refractivity contribution >= 4 is 10.8 Å². The lowest BCUT2D eigenvalue weighted by Gasteiger charge is -2.16. The highest BCUT2D eigenvalue weighted by molar-refractivity contribution is 5.88. The third kappa shape index (κ3) is 3.54. The summed E-state index contributed by atoms with van der Waals surface area (Å²) in [7, 11) is 0. The first-order valence-corrected chi connectivity index (χ1v) is 8.16. The SMILES string of the molecule is CCc1ccccc1C(O)CCOc1cccc2ccccc12. The van der Waals surface area contributed by atoms with Crippen LogP contribution in [0.25, 0.3) is 10.8 Å². The summed E-state index contributed by atoms with van der Waals surface area (Å²) >= 11 is 0. The van der Waals surface area contributed by atoms with E-state index in [1.165, 1.54) is 10.9 Å². The molecule has 2 nitrogen and oxygen atoms in total. The Morgan fingerprint density at radius 2 is 1.65 bits per heavy atom. The topological polar surface area (TPSA) is 29.5 Å². The van der Waals surface area contributed by atoms with Crippen LogP contribution in [-0.4, -0.2) is 11.7 Å². The van der Waals surface area contributed by atoms with Crippen molar-refractivity contribution in [2.45, 2.75) is 25.9 Å². The lowest BCUT2D eigenvalue weighted by molar-refractivity contribution is 0.140. The number of hydrogen-bond acceptors (Lipinski definition) is 2. The van der Waals surface area contributed by atoms with E-state index in [4.69, 9.17) is 4.74 Å². The molecule has 118 valence electrons. The highest BCUT2D eigenvalue weighted by Crippen LogP contribution is 2.26. The van der Waals surface area contributed by atoms with Gasteiger partial charge in [-0.2, -0.15) is 0 Å². The molecule has 2 heteroatoms. The summed E-state index contributed by atoms with van der Waals surface area (Å²) in [6.07, 6.45) is 1.03. The van der Waals surface area contributed by atoms with E-state index in [0.29, 0.717) is 13.0 Å². The fourth-order valence-corrected chi connectivity index (χ4v) is 2.94. The van der Waals surface area contributed by atoms with Crippen molar-refractivity contribution in [1.82, 2.24) is 0 Å². The van der Waals surface area contributed by atoms with E-state index in [-0.39, 0.29) is 0 Å². The summed E-state index contributed by atoms with van der Waals surface area (Å²) in [6, 6.07) is 22.3. The Hall–Kier alpha value is -2.32. The molecule has 1 atom stereocenters. The molecule has 0 aliphatic carbocycles. The third-order valence-electron chi connectivity index (χ3n) is 4.19. The van der Waals surface area contributed by atoms with Crippen molar-refractivity contribution in [2.24, 2.45) is 0 Å². The summed E-state index contributed by atoms with van der Waals surface area (Å²) in [5.41, 5.74) is 2.21. The van der Waals surface area contributed by atoms with Crippen molar-refractivity contribution in [2.75, 3.05) is 6.61 Å². The van der Waals surface area contributed by atoms with Gasteiger partial charge in [0.2, 0.25) is 0 Å². The molecule has 3 aromatic rings. The molecule has 0 heterocycles. The number of benzene rings is 3. The second-order valence-corrected chi connectivity index (χ2v) is 5.68. The van der Waals surface area contributed by atoms with E-state index in [1.807, 2.05) is 42.5 Å². The van der Waals surface area contributed by atoms with E-state index in [2.05, 4.69) is 31.2 Å². The summed E-state index contributed by atoms with van der Waals surface area (Å²) in [4.78, 5) is 0. The molecule has 0 amide bonds. The normalized spacial score (nSPS) is 12.3. The van der Waals surface area contributed by atoms with Gasteiger partial charge < -0.3 is 9.84 Å². The van der Waals surface area contributed by atoms with E-state index in [1.54, 1.807) is 0 Å². The average Bonchev–Trinajstić information content (AvgIpc) is 2.61. The second-order valence-electron chi connectivity index (χ2n) is 5.68. The molecule has 0 aliphatic heterocycles. The van der Waals surface area contributed by atoms with Crippen LogP contribution in [0.2, 0.25) is 0 Å². The van der Waals surface area contributed by atoms with E-state index >= 15 is 0 Å². The van der Waals surface area contributed by atoms with Gasteiger partial charge in [0.25, 0.3) is 0 Å². The third-order valence-corrected chi connectivity index (χ3v) is 4.19. The Bertz CT molecular complexity index is 774. The smallest absolute Gasteiger partial charge is 0.127 e. The fraction of sp³-hybridized carbons (Fsp3) is 0.238. The van der Waals surface area contributed by atoms with E-state index < -0.39 is 6.10 Å². The lowest BCUT2D eigenvalue weighted by atomic mass is 9.99. The van der Waals surface area contributed by atoms with Gasteiger partial charge in [-0.3, -0.25) is 0 Å². The molecule has 1 N–H and O–H groups in total. The van der Waals surface area contributed by atoms with Crippen LogP contribution in [-0.2, 0) is 6.42 Å². The van der Waals surface area contributed by atoms with Gasteiger partial charge in [0, 0.05) is 11.8 Å². The first-order chi connectivity index (χ1) is 11.3. The van der Waals surface area contributed by atoms with Crippen LogP contribution in [0.15, 0.2) is 66.7 Å². The molecule has 0 aromatic heterocycles. The van der Waals surface area contributed by atoms with Gasteiger partial charge in [-0.05, 0) is 29.0 Å². The number of aliphatic hydroxyl groups is 1. The van der Waals surface area contributed by atoms with Crippen LogP contribution >= 0.6 is 0 Å². The molecule has 0 saturated heterocycles. The predicted molar refractivity (Wildman–Crippen MR) is 94.8 cm³/mol. The molecule has 23 heavy (non-hydrogen) atoms. The molecular weight excluding hydrogens is 284 g/mol. The molecule has 0 spiro atoms. The number of aliphatic hydroxyl groups excluding tert-OH is 1. The highest BCUT2D eigenvalue weighted by Gasteiger charge is 2.11. The van der Waals surface area contributed by atoms with Crippen LogP contribution in [0.1, 0.15) is 30.6 Å². The van der Waals surface area contributed by atoms with Gasteiger partial charge in [-0.15, -0.1) is 0 Å². The van der Waals surface area contributed by atoms with Gasteiger partial charge in [0.1, 0.15) is 5.75 Å². The fourth-order valence-electron chi connectivity index (χ4n) is 2.94. The van der Waals surface area contributed by atoms with Crippen molar-refractivity contribution in [3.8, 4) is 5.75 Å². The van der Waals surface area contributed by atoms with Crippen LogP contribution in [0, 0.1) is 0 Å². The van der Waals surface area contributed by atoms with Crippen LogP contribution in [0.5, 0.6) is 5.75 Å². The van der Waals surface area contributed by atoms with E-state index in [9.17, 15) is 5.11 Å². The second kappa shape index (κ2) is 7.30. The highest BCUT2D eigenvalue weighted by atomic mass is 16.5. The predicted octanol–water partition coefficient (Wildman–Crippen LogP) is 4.90. The minimum Gasteiger partial charge on any atom is -0.493 e. The largest absolute Gasteiger partial charge is 0.493 e. The Morgan fingerprint density at radius 1 is 0.913 bits per heavy atom. The van der Waals surface area contributed by atoms with Crippen LogP contribution in [0.4, 0.5) is 0 Å². The van der Waals surface area contributed by atoms with Crippen molar-refractivity contribution in [3.05, 3.63) is 77.9 Å². The molecule has 3 rings (SSSR count). The molecule has 0 aliphatic rings. The van der Waals surface area contributed by atoms with Gasteiger partial charge in [-0.25, -0.2) is 0 Å². The minimum atomic E-state index is -0.485. The quantitative estimate of drug-likeness (QED) is 0.701. The summed E-state index contributed by atoms with van der Waals surface area (Å²) < 4.78 is 5.92. The van der Waals surface area contributed by atoms with Crippen molar-refractivity contribution < 1.29 is 9.84 Å². The van der Waals surface area contributed by atoms with Crippen molar-refractivity contribution in [1.29, 1.82) is 0 Å². The first-order valence-electron chi connectivity index (χ1n) is 8.16. The Labute approximate surface area is 137 Å². The monoisotopic (exact) mass is 306 g/mol. The number of ether oxygens (including phenoxy) is 1.